The van der Waals surface area contributed by atoms with Crippen LogP contribution in [0.1, 0.15) is 0 Å². The van der Waals surface area contributed by atoms with Crippen LogP contribution >= 0.6 is 15.9 Å². The number of aromatic nitrogens is 3. The van der Waals surface area contributed by atoms with E-state index < -0.39 is 0 Å². The Bertz CT molecular complexity index is 653. The maximum Gasteiger partial charge on any atom is 0.145 e. The molecule has 1 aromatic carbocycles. The molecule has 0 bridgehead atoms. The number of nitrogens with zero attached hydrogens (tertiary/aromatic N) is 1. The van der Waals surface area contributed by atoms with Crippen LogP contribution in [0.3, 0.4) is 0 Å². The number of halogens is 1. The van der Waals surface area contributed by atoms with E-state index in [-0.39, 0.29) is 0 Å². The van der Waals surface area contributed by atoms with Crippen LogP contribution in [-0.4, -0.2) is 15.2 Å². The zero-order valence-electron chi connectivity index (χ0n) is 8.29. The van der Waals surface area contributed by atoms with Gasteiger partial charge in [-0.1, -0.05) is 12.1 Å². The monoisotopic (exact) mass is 276 g/mol. The number of hydrogen-bond acceptors (Lipinski definition) is 2. The summed E-state index contributed by atoms with van der Waals surface area (Å²) in [5.41, 5.74) is 8.69. The van der Waals surface area contributed by atoms with E-state index in [0.717, 1.165) is 26.6 Å². The SMILES string of the molecule is Nc1cc(-c2cccc3[nH]cc(Br)c23)[nH]n1. The number of aromatic amines is 2. The van der Waals surface area contributed by atoms with Crippen molar-refractivity contribution in [2.75, 3.05) is 5.73 Å². The van der Waals surface area contributed by atoms with Crippen molar-refractivity contribution in [3.8, 4) is 11.3 Å². The Morgan fingerprint density at radius 1 is 1.31 bits per heavy atom. The number of H-pyrrole nitrogens is 2. The maximum absolute atomic E-state index is 5.61. The zero-order chi connectivity index (χ0) is 11.1. The Morgan fingerprint density at radius 3 is 2.94 bits per heavy atom. The van der Waals surface area contributed by atoms with Crippen molar-refractivity contribution < 1.29 is 0 Å². The van der Waals surface area contributed by atoms with Crippen molar-refractivity contribution in [1.82, 2.24) is 15.2 Å². The normalized spacial score (nSPS) is 11.1. The average Bonchev–Trinajstić information content (AvgIpc) is 2.86. The highest BCUT2D eigenvalue weighted by molar-refractivity contribution is 9.10. The minimum absolute atomic E-state index is 0.499. The van der Waals surface area contributed by atoms with Gasteiger partial charge in [-0.3, -0.25) is 5.10 Å². The van der Waals surface area contributed by atoms with Gasteiger partial charge < -0.3 is 10.7 Å². The van der Waals surface area contributed by atoms with Gasteiger partial charge in [-0.05, 0) is 22.0 Å². The van der Waals surface area contributed by atoms with E-state index >= 15 is 0 Å². The first-order valence-corrected chi connectivity index (χ1v) is 5.62. The standard InChI is InChI=1S/C11H9BrN4/c12-7-5-14-8-3-1-2-6(11(7)8)9-4-10(13)16-15-9/h1-5,14H,(H3,13,15,16). The molecule has 2 aromatic heterocycles. The smallest absolute Gasteiger partial charge is 0.145 e. The Kier molecular flexibility index (Phi) is 2.00. The van der Waals surface area contributed by atoms with Gasteiger partial charge in [0.15, 0.2) is 0 Å². The van der Waals surface area contributed by atoms with Gasteiger partial charge in [0.1, 0.15) is 5.82 Å². The number of nitrogens with two attached hydrogens (primary N) is 1. The van der Waals surface area contributed by atoms with Gasteiger partial charge in [-0.25, -0.2) is 0 Å². The van der Waals surface area contributed by atoms with Gasteiger partial charge in [0, 0.05) is 33.2 Å². The number of nitrogen functional groups attached to an aromatic ring is 1. The van der Waals surface area contributed by atoms with Crippen LogP contribution in [0, 0.1) is 0 Å². The van der Waals surface area contributed by atoms with Crippen LogP contribution in [-0.2, 0) is 0 Å². The lowest BCUT2D eigenvalue weighted by Gasteiger charge is -2.00. The van der Waals surface area contributed by atoms with Gasteiger partial charge >= 0.3 is 0 Å². The van der Waals surface area contributed by atoms with Crippen LogP contribution < -0.4 is 5.73 Å². The van der Waals surface area contributed by atoms with E-state index in [0.29, 0.717) is 5.82 Å². The predicted octanol–water partition coefficient (Wildman–Crippen LogP) is 2.90. The summed E-state index contributed by atoms with van der Waals surface area (Å²) in [5, 5.41) is 7.99. The summed E-state index contributed by atoms with van der Waals surface area (Å²) in [4.78, 5) is 3.19. The molecule has 0 spiro atoms. The predicted molar refractivity (Wildman–Crippen MR) is 68.0 cm³/mol. The van der Waals surface area contributed by atoms with Crippen molar-refractivity contribution >= 4 is 32.7 Å². The third-order valence-electron chi connectivity index (χ3n) is 2.55. The molecule has 0 aliphatic rings. The summed E-state index contributed by atoms with van der Waals surface area (Å²) in [6.07, 6.45) is 1.92. The molecule has 0 aliphatic carbocycles. The Balaban J connectivity index is 2.34. The van der Waals surface area contributed by atoms with Crippen molar-refractivity contribution in [1.29, 1.82) is 0 Å². The zero-order valence-corrected chi connectivity index (χ0v) is 9.88. The average molecular weight is 277 g/mol. The fraction of sp³-hybridized carbons (Fsp3) is 0. The quantitative estimate of drug-likeness (QED) is 0.640. The Labute approximate surface area is 100.0 Å². The molecular weight excluding hydrogens is 268 g/mol. The van der Waals surface area contributed by atoms with Crippen LogP contribution in [0.4, 0.5) is 5.82 Å². The Hall–Kier alpha value is -1.75. The molecule has 80 valence electrons. The molecule has 0 radical (unpaired) electrons. The molecule has 2 heterocycles. The number of hydrogen-bond donors (Lipinski definition) is 3. The molecule has 0 saturated carbocycles. The van der Waals surface area contributed by atoms with Crippen molar-refractivity contribution in [3.63, 3.8) is 0 Å². The molecule has 0 amide bonds. The summed E-state index contributed by atoms with van der Waals surface area (Å²) in [7, 11) is 0. The lowest BCUT2D eigenvalue weighted by molar-refractivity contribution is 1.10. The van der Waals surface area contributed by atoms with Crippen LogP contribution in [0.15, 0.2) is 34.9 Å². The molecule has 0 saturated heterocycles. The second-order valence-electron chi connectivity index (χ2n) is 3.57. The third-order valence-corrected chi connectivity index (χ3v) is 3.17. The maximum atomic E-state index is 5.61. The number of rotatable bonds is 1. The largest absolute Gasteiger partial charge is 0.382 e. The lowest BCUT2D eigenvalue weighted by atomic mass is 10.1. The minimum atomic E-state index is 0.499. The second-order valence-corrected chi connectivity index (χ2v) is 4.43. The highest BCUT2D eigenvalue weighted by Gasteiger charge is 2.09. The van der Waals surface area contributed by atoms with Crippen molar-refractivity contribution in [2.24, 2.45) is 0 Å². The molecule has 0 fully saturated rings. The molecule has 3 aromatic rings. The fourth-order valence-corrected chi connectivity index (χ4v) is 2.38. The van der Waals surface area contributed by atoms with Crippen molar-refractivity contribution in [3.05, 3.63) is 34.9 Å². The molecule has 4 N–H and O–H groups in total. The molecule has 16 heavy (non-hydrogen) atoms. The molecule has 0 aliphatic heterocycles. The first kappa shape index (κ1) is 9.47. The van der Waals surface area contributed by atoms with E-state index in [1.54, 1.807) is 0 Å². The number of anilines is 1. The van der Waals surface area contributed by atoms with E-state index in [9.17, 15) is 0 Å². The third kappa shape index (κ3) is 1.32. The van der Waals surface area contributed by atoms with Gasteiger partial charge in [0.05, 0.1) is 5.69 Å². The first-order valence-electron chi connectivity index (χ1n) is 4.82. The fourth-order valence-electron chi connectivity index (χ4n) is 1.84. The van der Waals surface area contributed by atoms with Gasteiger partial charge in [-0.2, -0.15) is 5.10 Å². The molecule has 5 heteroatoms. The summed E-state index contributed by atoms with van der Waals surface area (Å²) in [6.45, 7) is 0. The topological polar surface area (TPSA) is 70.5 Å². The Morgan fingerprint density at radius 2 is 2.19 bits per heavy atom. The molecule has 4 nitrogen and oxygen atoms in total. The number of benzene rings is 1. The lowest BCUT2D eigenvalue weighted by Crippen LogP contribution is -1.81. The van der Waals surface area contributed by atoms with Gasteiger partial charge in [0.25, 0.3) is 0 Å². The minimum Gasteiger partial charge on any atom is -0.382 e. The van der Waals surface area contributed by atoms with E-state index in [2.05, 4.69) is 31.1 Å². The van der Waals surface area contributed by atoms with Gasteiger partial charge in [-0.15, -0.1) is 0 Å². The van der Waals surface area contributed by atoms with E-state index in [1.807, 2.05) is 30.5 Å². The summed E-state index contributed by atoms with van der Waals surface area (Å²) >= 11 is 3.52. The van der Waals surface area contributed by atoms with E-state index in [1.165, 1.54) is 0 Å². The summed E-state index contributed by atoms with van der Waals surface area (Å²) in [5.74, 6) is 0.499. The van der Waals surface area contributed by atoms with Crippen LogP contribution in [0.25, 0.3) is 22.2 Å². The van der Waals surface area contributed by atoms with E-state index in [4.69, 9.17) is 5.73 Å². The highest BCUT2D eigenvalue weighted by atomic mass is 79.9. The van der Waals surface area contributed by atoms with Crippen LogP contribution in [0.2, 0.25) is 0 Å². The summed E-state index contributed by atoms with van der Waals surface area (Å²) in [6, 6.07) is 7.89. The molecule has 3 rings (SSSR count). The number of nitrogens with one attached hydrogen (secondary N) is 2. The molecular formula is C11H9BrN4. The molecule has 0 atom stereocenters. The number of fused-ring (bicyclic) bond motifs is 1. The second kappa shape index (κ2) is 3.38. The summed E-state index contributed by atoms with van der Waals surface area (Å²) < 4.78 is 1.03. The molecule has 0 unspecified atom stereocenters. The van der Waals surface area contributed by atoms with Gasteiger partial charge in [0.2, 0.25) is 0 Å². The van der Waals surface area contributed by atoms with Crippen LogP contribution in [0.5, 0.6) is 0 Å². The van der Waals surface area contributed by atoms with Crippen molar-refractivity contribution in [2.45, 2.75) is 0 Å². The first-order chi connectivity index (χ1) is 7.75. The highest BCUT2D eigenvalue weighted by Crippen LogP contribution is 2.33.